The second kappa shape index (κ2) is 9.20. The van der Waals surface area contributed by atoms with Gasteiger partial charge in [0, 0.05) is 18.6 Å². The number of benzene rings is 1. The first kappa shape index (κ1) is 23.6. The number of likely N-dealkylation sites (tertiary alicyclic amines) is 1. The molecule has 2 unspecified atom stereocenters. The standard InChI is InChI=1S/C20H25ClF4N4O2/c1-10-5-13(6-11(2)29(10)9-20(23,24)25)17(12-3-4-15(22)14(21)7-12)28-18(30)16-8-26-19(31)27-16/h3-4,7,10-11,13,16-17H,5-6,8-9H2,1-2H3,(H,28,30)(H2,26,27,31)/t10-,11+,13?,16-,17?/m0/s1. The molecule has 2 fully saturated rings. The largest absolute Gasteiger partial charge is 0.401 e. The molecule has 172 valence electrons. The first-order valence-electron chi connectivity index (χ1n) is 10.1. The molecule has 0 aromatic heterocycles. The number of piperidine rings is 1. The van der Waals surface area contributed by atoms with Gasteiger partial charge in [-0.1, -0.05) is 17.7 Å². The van der Waals surface area contributed by atoms with Crippen LogP contribution in [-0.4, -0.2) is 54.2 Å². The van der Waals surface area contributed by atoms with Gasteiger partial charge in [-0.05, 0) is 50.3 Å². The Morgan fingerprint density at radius 1 is 1.29 bits per heavy atom. The topological polar surface area (TPSA) is 73.5 Å². The molecule has 5 atom stereocenters. The average Bonchev–Trinajstić information content (AvgIpc) is 3.10. The fourth-order valence-corrected chi connectivity index (χ4v) is 4.70. The van der Waals surface area contributed by atoms with Crippen molar-refractivity contribution in [2.45, 2.75) is 57.0 Å². The molecule has 3 N–H and O–H groups in total. The van der Waals surface area contributed by atoms with Crippen LogP contribution < -0.4 is 16.0 Å². The molecule has 0 spiro atoms. The quantitative estimate of drug-likeness (QED) is 0.585. The molecule has 1 aromatic rings. The van der Waals surface area contributed by atoms with E-state index in [2.05, 4.69) is 16.0 Å². The van der Waals surface area contributed by atoms with Crippen molar-refractivity contribution >= 4 is 23.5 Å². The van der Waals surface area contributed by atoms with Gasteiger partial charge < -0.3 is 16.0 Å². The summed E-state index contributed by atoms with van der Waals surface area (Å²) in [6.07, 6.45) is -3.51. The minimum atomic E-state index is -4.30. The summed E-state index contributed by atoms with van der Waals surface area (Å²) < 4.78 is 52.6. The van der Waals surface area contributed by atoms with Crippen LogP contribution in [0.15, 0.2) is 18.2 Å². The van der Waals surface area contributed by atoms with Gasteiger partial charge in [-0.15, -0.1) is 0 Å². The second-order valence-electron chi connectivity index (χ2n) is 8.28. The molecule has 31 heavy (non-hydrogen) atoms. The predicted molar refractivity (Wildman–Crippen MR) is 107 cm³/mol. The van der Waals surface area contributed by atoms with E-state index >= 15 is 0 Å². The molecule has 2 aliphatic heterocycles. The molecule has 2 aliphatic rings. The molecular weight excluding hydrogens is 440 g/mol. The zero-order chi connectivity index (χ0) is 22.9. The van der Waals surface area contributed by atoms with Gasteiger partial charge in [-0.3, -0.25) is 9.69 Å². The van der Waals surface area contributed by atoms with E-state index in [1.807, 2.05) is 0 Å². The van der Waals surface area contributed by atoms with Crippen molar-refractivity contribution < 1.29 is 27.2 Å². The van der Waals surface area contributed by atoms with Crippen molar-refractivity contribution in [3.8, 4) is 0 Å². The zero-order valence-electron chi connectivity index (χ0n) is 17.1. The predicted octanol–water partition coefficient (Wildman–Crippen LogP) is 3.37. The van der Waals surface area contributed by atoms with Gasteiger partial charge in [0.25, 0.3) is 0 Å². The maximum Gasteiger partial charge on any atom is 0.401 e. The summed E-state index contributed by atoms with van der Waals surface area (Å²) in [6.45, 7) is 2.58. The van der Waals surface area contributed by atoms with E-state index in [-0.39, 0.29) is 29.6 Å². The Bertz CT molecular complexity index is 826. The van der Waals surface area contributed by atoms with Crippen molar-refractivity contribution in [3.05, 3.63) is 34.6 Å². The summed E-state index contributed by atoms with van der Waals surface area (Å²) in [5.41, 5.74) is 0.561. The number of nitrogens with zero attached hydrogens (tertiary/aromatic N) is 1. The number of halogens is 5. The number of carbonyl (C=O) groups excluding carboxylic acids is 2. The van der Waals surface area contributed by atoms with Gasteiger partial charge in [-0.25, -0.2) is 9.18 Å². The van der Waals surface area contributed by atoms with Crippen LogP contribution in [0.4, 0.5) is 22.4 Å². The van der Waals surface area contributed by atoms with Gasteiger partial charge in [0.15, 0.2) is 0 Å². The van der Waals surface area contributed by atoms with Gasteiger partial charge >= 0.3 is 12.2 Å². The van der Waals surface area contributed by atoms with Crippen LogP contribution in [0.1, 0.15) is 38.3 Å². The van der Waals surface area contributed by atoms with E-state index in [1.165, 1.54) is 23.1 Å². The SMILES string of the molecule is C[C@@H]1CC(C(NC(=O)[C@@H]2CNC(=O)N2)c2ccc(F)c(Cl)c2)C[C@H](C)N1CC(F)(F)F. The first-order valence-corrected chi connectivity index (χ1v) is 10.4. The number of hydrogen-bond donors (Lipinski definition) is 3. The number of amides is 3. The average molecular weight is 465 g/mol. The van der Waals surface area contributed by atoms with E-state index in [9.17, 15) is 27.2 Å². The lowest BCUT2D eigenvalue weighted by Gasteiger charge is -2.45. The number of alkyl halides is 3. The molecular formula is C20H25ClF4N4O2. The van der Waals surface area contributed by atoms with Gasteiger partial charge in [-0.2, -0.15) is 13.2 Å². The monoisotopic (exact) mass is 464 g/mol. The van der Waals surface area contributed by atoms with Crippen LogP contribution in [0.25, 0.3) is 0 Å². The number of rotatable bonds is 5. The lowest BCUT2D eigenvalue weighted by Crippen LogP contribution is -2.53. The summed E-state index contributed by atoms with van der Waals surface area (Å²) in [7, 11) is 0. The fraction of sp³-hybridized carbons (Fsp3) is 0.600. The zero-order valence-corrected chi connectivity index (χ0v) is 17.9. The Morgan fingerprint density at radius 3 is 2.45 bits per heavy atom. The Morgan fingerprint density at radius 2 is 1.94 bits per heavy atom. The van der Waals surface area contributed by atoms with Gasteiger partial charge in [0.2, 0.25) is 5.91 Å². The number of hydrogen-bond acceptors (Lipinski definition) is 3. The second-order valence-corrected chi connectivity index (χ2v) is 8.69. The normalized spacial score (nSPS) is 28.0. The van der Waals surface area contributed by atoms with Gasteiger partial charge in [0.05, 0.1) is 17.6 Å². The van der Waals surface area contributed by atoms with Crippen LogP contribution >= 0.6 is 11.6 Å². The fourth-order valence-electron chi connectivity index (χ4n) is 4.51. The Hall–Kier alpha value is -2.07. The Kier molecular flexibility index (Phi) is 7.00. The number of urea groups is 1. The summed E-state index contributed by atoms with van der Waals surface area (Å²) in [5.74, 6) is -1.24. The highest BCUT2D eigenvalue weighted by molar-refractivity contribution is 6.30. The Labute approximate surface area is 182 Å². The lowest BCUT2D eigenvalue weighted by molar-refractivity contribution is -0.161. The number of nitrogens with one attached hydrogen (secondary N) is 3. The molecule has 0 saturated carbocycles. The molecule has 0 aliphatic carbocycles. The van der Waals surface area contributed by atoms with Crippen LogP contribution in [0.2, 0.25) is 5.02 Å². The van der Waals surface area contributed by atoms with Crippen LogP contribution in [-0.2, 0) is 4.79 Å². The maximum absolute atomic E-state index is 13.7. The van der Waals surface area contributed by atoms with E-state index in [4.69, 9.17) is 11.6 Å². The third-order valence-electron chi connectivity index (χ3n) is 5.94. The summed E-state index contributed by atoms with van der Waals surface area (Å²) >= 11 is 5.94. The minimum absolute atomic E-state index is 0.108. The van der Waals surface area contributed by atoms with E-state index in [0.717, 1.165) is 0 Å². The first-order chi connectivity index (χ1) is 14.4. The Balaban J connectivity index is 1.83. The maximum atomic E-state index is 13.7. The smallest absolute Gasteiger partial charge is 0.347 e. The number of carbonyl (C=O) groups is 2. The van der Waals surface area contributed by atoms with Crippen molar-refractivity contribution in [2.75, 3.05) is 13.1 Å². The highest BCUT2D eigenvalue weighted by atomic mass is 35.5. The lowest BCUT2D eigenvalue weighted by atomic mass is 9.79. The molecule has 3 amide bonds. The molecule has 2 heterocycles. The summed E-state index contributed by atoms with van der Waals surface area (Å²) in [6, 6.07) is 1.55. The molecule has 11 heteroatoms. The van der Waals surface area contributed by atoms with Crippen LogP contribution in [0, 0.1) is 11.7 Å². The highest BCUT2D eigenvalue weighted by Gasteiger charge is 2.41. The van der Waals surface area contributed by atoms with Crippen LogP contribution in [0.5, 0.6) is 0 Å². The highest BCUT2D eigenvalue weighted by Crippen LogP contribution is 2.38. The molecule has 1 aromatic carbocycles. The molecule has 3 rings (SSSR count). The van der Waals surface area contributed by atoms with Crippen LogP contribution in [0.3, 0.4) is 0 Å². The summed E-state index contributed by atoms with van der Waals surface area (Å²) in [4.78, 5) is 25.5. The van der Waals surface area contributed by atoms with Crippen molar-refractivity contribution in [1.29, 1.82) is 0 Å². The molecule has 6 nitrogen and oxygen atoms in total. The van der Waals surface area contributed by atoms with E-state index < -0.39 is 42.6 Å². The minimum Gasteiger partial charge on any atom is -0.347 e. The van der Waals surface area contributed by atoms with Crippen molar-refractivity contribution in [2.24, 2.45) is 5.92 Å². The summed E-state index contributed by atoms with van der Waals surface area (Å²) in [5, 5.41) is 7.80. The van der Waals surface area contributed by atoms with Gasteiger partial charge in [0.1, 0.15) is 11.9 Å². The van der Waals surface area contributed by atoms with Crippen molar-refractivity contribution in [1.82, 2.24) is 20.9 Å². The molecule has 2 saturated heterocycles. The third-order valence-corrected chi connectivity index (χ3v) is 6.23. The third kappa shape index (κ3) is 5.79. The molecule has 0 radical (unpaired) electrons. The van der Waals surface area contributed by atoms with Crippen molar-refractivity contribution in [3.63, 3.8) is 0 Å². The van der Waals surface area contributed by atoms with E-state index in [0.29, 0.717) is 18.4 Å². The molecule has 0 bridgehead atoms. The van der Waals surface area contributed by atoms with E-state index in [1.54, 1.807) is 13.8 Å².